The molecular formula is C10H17N5O4. The van der Waals surface area contributed by atoms with Gasteiger partial charge in [0.25, 0.3) is 0 Å². The Labute approximate surface area is 109 Å². The predicted molar refractivity (Wildman–Crippen MR) is 67.8 cm³/mol. The number of carboxylic acid groups (broad SMARTS) is 1. The van der Waals surface area contributed by atoms with Gasteiger partial charge in [-0.05, 0) is 13.0 Å². The molecule has 0 unspecified atom stereocenters. The Morgan fingerprint density at radius 1 is 1.53 bits per heavy atom. The fraction of sp³-hybridized carbons (Fsp3) is 0.400. The van der Waals surface area contributed by atoms with Gasteiger partial charge in [0, 0.05) is 12.7 Å². The number of rotatable bonds is 5. The molecule has 0 saturated carbocycles. The normalized spacial score (nSPS) is 9.53. The van der Waals surface area contributed by atoms with Crippen molar-refractivity contribution in [3.63, 3.8) is 0 Å². The number of carbonyl (C=O) groups is 2. The van der Waals surface area contributed by atoms with Crippen molar-refractivity contribution in [3.8, 4) is 0 Å². The standard InChI is InChI=1S/C10H14N4O4.H3N/c1-2-13(6-9(16)17)8(15)5-14-4-3-7(11)12-10(14)18;/h3-4H,2,5-6H2,1H3,(H,16,17)(H2,11,12,18);1H3. The van der Waals surface area contributed by atoms with E-state index >= 15 is 0 Å². The van der Waals surface area contributed by atoms with Gasteiger partial charge in [-0.3, -0.25) is 14.2 Å². The fourth-order valence-corrected chi connectivity index (χ4v) is 1.35. The van der Waals surface area contributed by atoms with Gasteiger partial charge in [0.05, 0.1) is 0 Å². The maximum absolute atomic E-state index is 11.8. The number of carboxylic acids is 1. The topological polar surface area (TPSA) is 154 Å². The van der Waals surface area contributed by atoms with Crippen LogP contribution in [-0.2, 0) is 16.1 Å². The van der Waals surface area contributed by atoms with Gasteiger partial charge in [0.15, 0.2) is 0 Å². The number of aliphatic carboxylic acids is 1. The fourth-order valence-electron chi connectivity index (χ4n) is 1.35. The SMILES string of the molecule is CCN(CC(=O)O)C(=O)Cn1ccc(N)nc1=O.N. The van der Waals surface area contributed by atoms with Crippen molar-refractivity contribution in [2.24, 2.45) is 0 Å². The maximum atomic E-state index is 11.8. The van der Waals surface area contributed by atoms with E-state index in [9.17, 15) is 14.4 Å². The second-order valence-corrected chi connectivity index (χ2v) is 3.56. The molecule has 0 atom stereocenters. The highest BCUT2D eigenvalue weighted by atomic mass is 16.4. The predicted octanol–water partition coefficient (Wildman–Crippen LogP) is -1.08. The second-order valence-electron chi connectivity index (χ2n) is 3.56. The minimum absolute atomic E-state index is 0. The molecule has 0 aromatic carbocycles. The monoisotopic (exact) mass is 271 g/mol. The first-order chi connectivity index (χ1) is 8.43. The highest BCUT2D eigenvalue weighted by molar-refractivity contribution is 5.81. The summed E-state index contributed by atoms with van der Waals surface area (Å²) in [5, 5.41) is 8.63. The number of carbonyl (C=O) groups excluding carboxylic acids is 1. The molecule has 0 fully saturated rings. The molecule has 9 heteroatoms. The summed E-state index contributed by atoms with van der Waals surface area (Å²) in [4.78, 5) is 38.3. The molecule has 106 valence electrons. The van der Waals surface area contributed by atoms with Crippen molar-refractivity contribution in [3.05, 3.63) is 22.7 Å². The molecule has 0 spiro atoms. The van der Waals surface area contributed by atoms with E-state index in [1.165, 1.54) is 12.3 Å². The number of hydrogen-bond acceptors (Lipinski definition) is 6. The van der Waals surface area contributed by atoms with Gasteiger partial charge >= 0.3 is 11.7 Å². The van der Waals surface area contributed by atoms with Crippen LogP contribution < -0.4 is 17.6 Å². The first-order valence-electron chi connectivity index (χ1n) is 5.26. The summed E-state index contributed by atoms with van der Waals surface area (Å²) in [7, 11) is 0. The van der Waals surface area contributed by atoms with Crippen molar-refractivity contribution in [1.82, 2.24) is 20.6 Å². The van der Waals surface area contributed by atoms with E-state index in [4.69, 9.17) is 10.8 Å². The lowest BCUT2D eigenvalue weighted by molar-refractivity contribution is -0.144. The van der Waals surface area contributed by atoms with Crippen LogP contribution in [0.2, 0.25) is 0 Å². The van der Waals surface area contributed by atoms with Crippen LogP contribution >= 0.6 is 0 Å². The van der Waals surface area contributed by atoms with Crippen LogP contribution in [0.4, 0.5) is 5.82 Å². The van der Waals surface area contributed by atoms with Gasteiger partial charge in [-0.25, -0.2) is 4.79 Å². The minimum atomic E-state index is -1.10. The highest BCUT2D eigenvalue weighted by Gasteiger charge is 2.15. The lowest BCUT2D eigenvalue weighted by Crippen LogP contribution is -2.39. The van der Waals surface area contributed by atoms with Gasteiger partial charge in [-0.1, -0.05) is 0 Å². The third-order valence-electron chi connectivity index (χ3n) is 2.26. The summed E-state index contributed by atoms with van der Waals surface area (Å²) < 4.78 is 1.07. The zero-order valence-corrected chi connectivity index (χ0v) is 10.6. The van der Waals surface area contributed by atoms with E-state index in [1.807, 2.05) is 0 Å². The quantitative estimate of drug-likeness (QED) is 0.615. The Bertz CT molecular complexity index is 513. The molecule has 1 heterocycles. The number of nitrogen functional groups attached to an aromatic ring is 1. The van der Waals surface area contributed by atoms with Gasteiger partial charge in [0.2, 0.25) is 5.91 Å². The number of hydrogen-bond donors (Lipinski definition) is 3. The van der Waals surface area contributed by atoms with Crippen molar-refractivity contribution in [1.29, 1.82) is 0 Å². The van der Waals surface area contributed by atoms with Crippen molar-refractivity contribution >= 4 is 17.7 Å². The van der Waals surface area contributed by atoms with Crippen LogP contribution in [0.15, 0.2) is 17.1 Å². The van der Waals surface area contributed by atoms with E-state index in [0.717, 1.165) is 9.47 Å². The summed E-state index contributed by atoms with van der Waals surface area (Å²) in [6.45, 7) is 1.26. The number of anilines is 1. The van der Waals surface area contributed by atoms with Crippen LogP contribution in [0.1, 0.15) is 6.92 Å². The smallest absolute Gasteiger partial charge is 0.349 e. The van der Waals surface area contributed by atoms with E-state index in [1.54, 1.807) is 6.92 Å². The minimum Gasteiger partial charge on any atom is -0.480 e. The molecule has 0 aliphatic heterocycles. The van der Waals surface area contributed by atoms with Crippen molar-refractivity contribution < 1.29 is 14.7 Å². The maximum Gasteiger partial charge on any atom is 0.349 e. The second kappa shape index (κ2) is 7.11. The van der Waals surface area contributed by atoms with E-state index in [0.29, 0.717) is 0 Å². The average molecular weight is 271 g/mol. The zero-order chi connectivity index (χ0) is 13.7. The van der Waals surface area contributed by atoms with Crippen LogP contribution in [0.5, 0.6) is 0 Å². The molecule has 0 aliphatic rings. The number of nitrogens with zero attached hydrogens (tertiary/aromatic N) is 3. The Balaban J connectivity index is 0.00000324. The summed E-state index contributed by atoms with van der Waals surface area (Å²) >= 11 is 0. The third kappa shape index (κ3) is 4.76. The molecule has 1 aromatic rings. The number of nitrogens with two attached hydrogens (primary N) is 1. The van der Waals surface area contributed by atoms with Gasteiger partial charge < -0.3 is 21.9 Å². The van der Waals surface area contributed by atoms with Crippen LogP contribution in [0.25, 0.3) is 0 Å². The Morgan fingerprint density at radius 2 is 2.16 bits per heavy atom. The first-order valence-corrected chi connectivity index (χ1v) is 5.26. The summed E-state index contributed by atoms with van der Waals surface area (Å²) in [6.07, 6.45) is 1.34. The Hall–Kier alpha value is -2.42. The van der Waals surface area contributed by atoms with Crippen LogP contribution in [0, 0.1) is 0 Å². The Morgan fingerprint density at radius 3 is 2.63 bits per heavy atom. The largest absolute Gasteiger partial charge is 0.480 e. The molecule has 9 nitrogen and oxygen atoms in total. The molecule has 0 saturated heterocycles. The van der Waals surface area contributed by atoms with Crippen LogP contribution in [0.3, 0.4) is 0 Å². The van der Waals surface area contributed by atoms with Gasteiger partial charge in [0.1, 0.15) is 18.9 Å². The lowest BCUT2D eigenvalue weighted by Gasteiger charge is -2.18. The molecule has 0 bridgehead atoms. The molecule has 1 amide bonds. The zero-order valence-electron chi connectivity index (χ0n) is 10.6. The molecule has 1 aromatic heterocycles. The number of amides is 1. The van der Waals surface area contributed by atoms with E-state index in [-0.39, 0.29) is 25.1 Å². The molecule has 0 aliphatic carbocycles. The summed E-state index contributed by atoms with van der Waals surface area (Å²) in [5.41, 5.74) is 4.67. The molecule has 6 N–H and O–H groups in total. The van der Waals surface area contributed by atoms with Gasteiger partial charge in [-0.2, -0.15) is 4.98 Å². The van der Waals surface area contributed by atoms with E-state index in [2.05, 4.69) is 4.98 Å². The molecule has 1 rings (SSSR count). The average Bonchev–Trinajstić information content (AvgIpc) is 2.29. The summed E-state index contributed by atoms with van der Waals surface area (Å²) in [5.74, 6) is -1.50. The molecule has 19 heavy (non-hydrogen) atoms. The third-order valence-corrected chi connectivity index (χ3v) is 2.26. The molecular weight excluding hydrogens is 254 g/mol. The highest BCUT2D eigenvalue weighted by Crippen LogP contribution is 1.94. The van der Waals surface area contributed by atoms with Crippen LogP contribution in [-0.4, -0.2) is 44.5 Å². The van der Waals surface area contributed by atoms with Crippen molar-refractivity contribution in [2.75, 3.05) is 18.8 Å². The van der Waals surface area contributed by atoms with Crippen molar-refractivity contribution in [2.45, 2.75) is 13.5 Å². The lowest BCUT2D eigenvalue weighted by atomic mass is 10.4. The summed E-state index contributed by atoms with van der Waals surface area (Å²) in [6, 6.07) is 1.39. The molecule has 0 radical (unpaired) electrons. The first kappa shape index (κ1) is 16.6. The number of aromatic nitrogens is 2. The van der Waals surface area contributed by atoms with Gasteiger partial charge in [-0.15, -0.1) is 0 Å². The van der Waals surface area contributed by atoms with E-state index < -0.39 is 24.1 Å². The number of likely N-dealkylation sites (N-methyl/N-ethyl adjacent to an activating group) is 1. The Kier molecular flexibility index (Phi) is 6.21.